The fraction of sp³-hybridized carbons (Fsp3) is 0.286. The highest BCUT2D eigenvalue weighted by molar-refractivity contribution is 5.67. The summed E-state index contributed by atoms with van der Waals surface area (Å²) < 4.78 is 45.2. The maximum absolute atomic E-state index is 14.6. The molecule has 0 bridgehead atoms. The van der Waals surface area contributed by atoms with E-state index in [9.17, 15) is 9.18 Å². The van der Waals surface area contributed by atoms with Gasteiger partial charge in [-0.05, 0) is 22.3 Å². The third-order valence-corrected chi connectivity index (χ3v) is 7.12. The van der Waals surface area contributed by atoms with Crippen LogP contribution in [0, 0.1) is 0 Å². The van der Waals surface area contributed by atoms with Crippen LogP contribution in [0.4, 0.5) is 9.18 Å². The third-order valence-electron chi connectivity index (χ3n) is 7.12. The predicted octanol–water partition coefficient (Wildman–Crippen LogP) is 6.36. The second-order valence-corrected chi connectivity index (χ2v) is 10.2. The second kappa shape index (κ2) is 16.0. The summed E-state index contributed by atoms with van der Waals surface area (Å²) in [6.07, 6.45) is -4.40. The molecule has 7 nitrogen and oxygen atoms in total. The maximum atomic E-state index is 14.6. The summed E-state index contributed by atoms with van der Waals surface area (Å²) in [5.74, 6) is 0. The van der Waals surface area contributed by atoms with E-state index in [1.807, 2.05) is 121 Å². The molecule has 1 N–H and O–H groups in total. The van der Waals surface area contributed by atoms with Gasteiger partial charge in [0.1, 0.15) is 37.6 Å². The fourth-order valence-electron chi connectivity index (χ4n) is 4.91. The SMILES string of the molecule is O=C(N[C@@H]1[C@@H](OCc2ccccc2)O[C@H](CF)[C@@H](OCc2ccccc2)[C@@H]1OCc1ccccc1)OCc1ccccc1. The van der Waals surface area contributed by atoms with Crippen LogP contribution in [0.1, 0.15) is 22.3 Å². The van der Waals surface area contributed by atoms with Crippen molar-refractivity contribution in [1.29, 1.82) is 0 Å². The third kappa shape index (κ3) is 8.95. The van der Waals surface area contributed by atoms with E-state index >= 15 is 0 Å². The van der Waals surface area contributed by atoms with Gasteiger partial charge >= 0.3 is 6.09 Å². The van der Waals surface area contributed by atoms with E-state index in [2.05, 4.69) is 5.32 Å². The van der Waals surface area contributed by atoms with Crippen molar-refractivity contribution in [3.05, 3.63) is 144 Å². The van der Waals surface area contributed by atoms with Gasteiger partial charge in [-0.1, -0.05) is 121 Å². The normalized spacial score (nSPS) is 21.7. The number of halogens is 1. The molecule has 0 aromatic heterocycles. The van der Waals surface area contributed by atoms with Gasteiger partial charge in [-0.2, -0.15) is 0 Å². The van der Waals surface area contributed by atoms with Crippen molar-refractivity contribution in [2.75, 3.05) is 6.67 Å². The van der Waals surface area contributed by atoms with Gasteiger partial charge < -0.3 is 29.0 Å². The molecule has 1 fully saturated rings. The number of hydrogen-bond donors (Lipinski definition) is 1. The molecular formula is C35H36FNO6. The Hall–Kier alpha value is -4.08. The van der Waals surface area contributed by atoms with Gasteiger partial charge in [-0.25, -0.2) is 9.18 Å². The standard InChI is InChI=1S/C35H36FNO6/c36-21-30-32(39-22-26-13-5-1-6-14-26)33(40-23-27-15-7-2-8-16-27)31(34(43-30)41-24-28-17-9-3-10-18-28)37-35(38)42-25-29-19-11-4-12-20-29/h1-20,30-34H,21-25H2,(H,37,38)/t30-,31+,32-,33-,34+/m1/s1. The highest BCUT2D eigenvalue weighted by Gasteiger charge is 2.49. The highest BCUT2D eigenvalue weighted by atomic mass is 19.1. The Morgan fingerprint density at radius 3 is 1.49 bits per heavy atom. The van der Waals surface area contributed by atoms with Gasteiger partial charge in [0.15, 0.2) is 6.29 Å². The Bertz CT molecular complexity index is 1360. The van der Waals surface area contributed by atoms with Gasteiger partial charge in [0.05, 0.1) is 19.8 Å². The molecule has 1 aliphatic heterocycles. The first-order valence-electron chi connectivity index (χ1n) is 14.3. The number of amides is 1. The molecule has 224 valence electrons. The van der Waals surface area contributed by atoms with Gasteiger partial charge in [-0.15, -0.1) is 0 Å². The molecule has 0 unspecified atom stereocenters. The van der Waals surface area contributed by atoms with Crippen LogP contribution in [0.15, 0.2) is 121 Å². The van der Waals surface area contributed by atoms with E-state index in [0.717, 1.165) is 22.3 Å². The van der Waals surface area contributed by atoms with E-state index in [1.54, 1.807) is 0 Å². The summed E-state index contributed by atoms with van der Waals surface area (Å²) in [4.78, 5) is 13.1. The molecule has 4 aromatic carbocycles. The van der Waals surface area contributed by atoms with E-state index in [-0.39, 0.29) is 26.4 Å². The van der Waals surface area contributed by atoms with Crippen molar-refractivity contribution in [2.24, 2.45) is 0 Å². The number of carbonyl (C=O) groups excluding carboxylic acids is 1. The maximum Gasteiger partial charge on any atom is 0.407 e. The lowest BCUT2D eigenvalue weighted by Crippen LogP contribution is -2.65. The summed E-state index contributed by atoms with van der Waals surface area (Å²) in [5, 5.41) is 2.90. The van der Waals surface area contributed by atoms with Crippen LogP contribution in [-0.4, -0.2) is 43.4 Å². The smallest absolute Gasteiger partial charge is 0.407 e. The zero-order valence-electron chi connectivity index (χ0n) is 23.8. The Labute approximate surface area is 251 Å². The first-order chi connectivity index (χ1) is 21.2. The highest BCUT2D eigenvalue weighted by Crippen LogP contribution is 2.30. The van der Waals surface area contributed by atoms with Crippen LogP contribution in [0.5, 0.6) is 0 Å². The van der Waals surface area contributed by atoms with Gasteiger partial charge in [-0.3, -0.25) is 0 Å². The van der Waals surface area contributed by atoms with Crippen molar-refractivity contribution in [3.63, 3.8) is 0 Å². The summed E-state index contributed by atoms with van der Waals surface area (Å²) in [7, 11) is 0. The molecule has 1 heterocycles. The lowest BCUT2D eigenvalue weighted by atomic mass is 9.96. The summed E-state index contributed by atoms with van der Waals surface area (Å²) in [5.41, 5.74) is 3.57. The van der Waals surface area contributed by atoms with Crippen LogP contribution < -0.4 is 5.32 Å². The van der Waals surface area contributed by atoms with Crippen LogP contribution >= 0.6 is 0 Å². The van der Waals surface area contributed by atoms with E-state index in [4.69, 9.17) is 23.7 Å². The Balaban J connectivity index is 1.39. The number of alkyl carbamates (subject to hydrolysis) is 1. The molecule has 1 aliphatic rings. The predicted molar refractivity (Wildman–Crippen MR) is 159 cm³/mol. The Morgan fingerprint density at radius 2 is 1.02 bits per heavy atom. The molecule has 1 saturated heterocycles. The largest absolute Gasteiger partial charge is 0.445 e. The van der Waals surface area contributed by atoms with E-state index in [0.29, 0.717) is 0 Å². The molecule has 0 spiro atoms. The summed E-state index contributed by atoms with van der Waals surface area (Å²) in [6, 6.07) is 37.3. The molecule has 0 aliphatic carbocycles. The lowest BCUT2D eigenvalue weighted by Gasteiger charge is -2.45. The minimum absolute atomic E-state index is 0.0758. The molecule has 0 radical (unpaired) electrons. The number of benzene rings is 4. The molecular weight excluding hydrogens is 549 g/mol. The number of carbonyl (C=O) groups is 1. The molecule has 1 amide bonds. The number of alkyl halides is 1. The molecule has 5 atom stereocenters. The average Bonchev–Trinajstić information content (AvgIpc) is 3.07. The van der Waals surface area contributed by atoms with Crippen molar-refractivity contribution in [2.45, 2.75) is 57.1 Å². The number of hydrogen-bond acceptors (Lipinski definition) is 6. The Morgan fingerprint density at radius 1 is 0.605 bits per heavy atom. The van der Waals surface area contributed by atoms with Gasteiger partial charge in [0.25, 0.3) is 0 Å². The average molecular weight is 586 g/mol. The fourth-order valence-corrected chi connectivity index (χ4v) is 4.91. The zero-order chi connectivity index (χ0) is 29.7. The monoisotopic (exact) mass is 585 g/mol. The second-order valence-electron chi connectivity index (χ2n) is 10.2. The molecule has 43 heavy (non-hydrogen) atoms. The number of nitrogens with one attached hydrogen (secondary N) is 1. The van der Waals surface area contributed by atoms with Crippen LogP contribution in [0.3, 0.4) is 0 Å². The molecule has 8 heteroatoms. The Kier molecular flexibility index (Phi) is 11.3. The minimum Gasteiger partial charge on any atom is -0.445 e. The topological polar surface area (TPSA) is 75.3 Å². The molecule has 0 saturated carbocycles. The first kappa shape index (κ1) is 30.4. The van der Waals surface area contributed by atoms with E-state index in [1.165, 1.54) is 0 Å². The first-order valence-corrected chi connectivity index (χ1v) is 14.3. The van der Waals surface area contributed by atoms with Crippen LogP contribution in [-0.2, 0) is 50.1 Å². The van der Waals surface area contributed by atoms with Crippen molar-refractivity contribution in [1.82, 2.24) is 5.32 Å². The zero-order valence-corrected chi connectivity index (χ0v) is 23.8. The van der Waals surface area contributed by atoms with Gasteiger partial charge in [0.2, 0.25) is 0 Å². The quantitative estimate of drug-likeness (QED) is 0.197. The lowest BCUT2D eigenvalue weighted by molar-refractivity contribution is -0.287. The van der Waals surface area contributed by atoms with Crippen LogP contribution in [0.25, 0.3) is 0 Å². The van der Waals surface area contributed by atoms with Crippen LogP contribution in [0.2, 0.25) is 0 Å². The van der Waals surface area contributed by atoms with Crippen molar-refractivity contribution < 1.29 is 32.9 Å². The molecule has 5 rings (SSSR count). The van der Waals surface area contributed by atoms with Crippen molar-refractivity contribution >= 4 is 6.09 Å². The minimum atomic E-state index is -1.04. The van der Waals surface area contributed by atoms with Gasteiger partial charge in [0, 0.05) is 0 Å². The summed E-state index contributed by atoms with van der Waals surface area (Å²) >= 11 is 0. The van der Waals surface area contributed by atoms with Crippen molar-refractivity contribution in [3.8, 4) is 0 Å². The van der Waals surface area contributed by atoms with E-state index < -0.39 is 43.4 Å². The number of rotatable bonds is 13. The summed E-state index contributed by atoms with van der Waals surface area (Å²) in [6.45, 7) is -0.161. The number of ether oxygens (including phenoxy) is 5. The molecule has 4 aromatic rings.